The minimum atomic E-state index is -0.167. The van der Waals surface area contributed by atoms with Crippen LogP contribution >= 0.6 is 0 Å². The van der Waals surface area contributed by atoms with Crippen molar-refractivity contribution in [3.63, 3.8) is 0 Å². The molecule has 1 unspecified atom stereocenters. The highest BCUT2D eigenvalue weighted by Gasteiger charge is 2.32. The number of tetrazole rings is 1. The van der Waals surface area contributed by atoms with E-state index < -0.39 is 0 Å². The molecule has 0 spiro atoms. The predicted molar refractivity (Wildman–Crippen MR) is 118 cm³/mol. The molecule has 31 heavy (non-hydrogen) atoms. The Hall–Kier alpha value is -3.00. The van der Waals surface area contributed by atoms with Crippen LogP contribution in [0.25, 0.3) is 0 Å². The van der Waals surface area contributed by atoms with E-state index in [1.165, 1.54) is 6.07 Å². The minimum Gasteiger partial charge on any atom is -0.497 e. The van der Waals surface area contributed by atoms with Crippen molar-refractivity contribution in [3.05, 3.63) is 65.7 Å². The summed E-state index contributed by atoms with van der Waals surface area (Å²) in [6.45, 7) is 8.18. The topological polar surface area (TPSA) is 59.3 Å². The zero-order valence-corrected chi connectivity index (χ0v) is 18.3. The van der Waals surface area contributed by atoms with Gasteiger partial charge in [-0.3, -0.25) is 4.90 Å². The van der Waals surface area contributed by atoms with Crippen molar-refractivity contribution in [1.29, 1.82) is 0 Å². The van der Waals surface area contributed by atoms with Gasteiger partial charge in [-0.05, 0) is 46.2 Å². The number of benzene rings is 2. The molecular weight excluding hydrogens is 395 g/mol. The molecule has 1 aliphatic rings. The third kappa shape index (κ3) is 4.69. The van der Waals surface area contributed by atoms with Crippen molar-refractivity contribution >= 4 is 5.69 Å². The van der Waals surface area contributed by atoms with Crippen LogP contribution in [-0.2, 0) is 6.54 Å². The maximum Gasteiger partial charge on any atom is 0.169 e. The number of rotatable bonds is 7. The van der Waals surface area contributed by atoms with Gasteiger partial charge < -0.3 is 9.64 Å². The molecule has 1 aromatic heterocycles. The Balaban J connectivity index is 1.49. The van der Waals surface area contributed by atoms with Gasteiger partial charge >= 0.3 is 0 Å². The van der Waals surface area contributed by atoms with Gasteiger partial charge in [0, 0.05) is 26.2 Å². The fourth-order valence-corrected chi connectivity index (χ4v) is 4.27. The standard InChI is InChI=1S/C23H29FN6O/c1-17(2)22(29-14-12-28(13-15-29)21-7-5-4-6-20(21)24)23-25-26-27-30(23)16-18-8-10-19(31-3)11-9-18/h4-11,17,22H,12-16H2,1-3H3. The predicted octanol–water partition coefficient (Wildman–Crippen LogP) is 3.39. The first-order valence-electron chi connectivity index (χ1n) is 10.7. The highest BCUT2D eigenvalue weighted by Crippen LogP contribution is 2.30. The van der Waals surface area contributed by atoms with E-state index in [0.717, 1.165) is 43.3 Å². The molecule has 8 heteroatoms. The van der Waals surface area contributed by atoms with Gasteiger partial charge in [-0.1, -0.05) is 38.1 Å². The molecule has 0 amide bonds. The summed E-state index contributed by atoms with van der Waals surface area (Å²) in [5.74, 6) is 1.86. The molecule has 0 radical (unpaired) electrons. The van der Waals surface area contributed by atoms with Crippen molar-refractivity contribution in [2.45, 2.75) is 26.4 Å². The molecule has 1 aliphatic heterocycles. The fourth-order valence-electron chi connectivity index (χ4n) is 4.27. The lowest BCUT2D eigenvalue weighted by atomic mass is 10.0. The van der Waals surface area contributed by atoms with Crippen LogP contribution in [0, 0.1) is 11.7 Å². The van der Waals surface area contributed by atoms with Crippen LogP contribution in [0.4, 0.5) is 10.1 Å². The first kappa shape index (κ1) is 21.2. The summed E-state index contributed by atoms with van der Waals surface area (Å²) in [5.41, 5.74) is 1.79. The Kier molecular flexibility index (Phi) is 6.46. The number of para-hydroxylation sites is 1. The number of hydrogen-bond acceptors (Lipinski definition) is 6. The summed E-state index contributed by atoms with van der Waals surface area (Å²) in [5, 5.41) is 12.6. The number of ether oxygens (including phenoxy) is 1. The van der Waals surface area contributed by atoms with Crippen LogP contribution in [0.2, 0.25) is 0 Å². The molecule has 3 aromatic rings. The van der Waals surface area contributed by atoms with Gasteiger partial charge in [0.1, 0.15) is 11.6 Å². The van der Waals surface area contributed by atoms with Crippen LogP contribution in [0.1, 0.15) is 31.3 Å². The van der Waals surface area contributed by atoms with Gasteiger partial charge in [0.2, 0.25) is 0 Å². The number of piperazine rings is 1. The largest absolute Gasteiger partial charge is 0.497 e. The lowest BCUT2D eigenvalue weighted by molar-refractivity contribution is 0.135. The third-order valence-corrected chi connectivity index (χ3v) is 5.85. The van der Waals surface area contributed by atoms with Crippen LogP contribution in [0.3, 0.4) is 0 Å². The van der Waals surface area contributed by atoms with Gasteiger partial charge in [-0.25, -0.2) is 9.07 Å². The molecule has 1 fully saturated rings. The summed E-state index contributed by atoms with van der Waals surface area (Å²) in [4.78, 5) is 4.53. The van der Waals surface area contributed by atoms with E-state index in [4.69, 9.17) is 4.74 Å². The van der Waals surface area contributed by atoms with Gasteiger partial charge in [0.15, 0.2) is 5.82 Å². The third-order valence-electron chi connectivity index (χ3n) is 5.85. The second-order valence-corrected chi connectivity index (χ2v) is 8.21. The molecular formula is C23H29FN6O. The lowest BCUT2D eigenvalue weighted by Crippen LogP contribution is -2.49. The molecule has 0 N–H and O–H groups in total. The molecule has 1 saturated heterocycles. The van der Waals surface area contributed by atoms with Crippen LogP contribution < -0.4 is 9.64 Å². The number of aromatic nitrogens is 4. The van der Waals surface area contributed by atoms with Crippen molar-refractivity contribution in [3.8, 4) is 5.75 Å². The summed E-state index contributed by atoms with van der Waals surface area (Å²) in [7, 11) is 1.66. The summed E-state index contributed by atoms with van der Waals surface area (Å²) >= 11 is 0. The van der Waals surface area contributed by atoms with Crippen molar-refractivity contribution < 1.29 is 9.13 Å². The number of anilines is 1. The fraction of sp³-hybridized carbons (Fsp3) is 0.435. The molecule has 0 aliphatic carbocycles. The highest BCUT2D eigenvalue weighted by molar-refractivity contribution is 5.48. The van der Waals surface area contributed by atoms with E-state index in [2.05, 4.69) is 39.2 Å². The van der Waals surface area contributed by atoms with E-state index >= 15 is 0 Å². The summed E-state index contributed by atoms with van der Waals surface area (Å²) in [6.07, 6.45) is 0. The normalized spacial score (nSPS) is 16.0. The summed E-state index contributed by atoms with van der Waals surface area (Å²) < 4.78 is 21.3. The van der Waals surface area contributed by atoms with Crippen LogP contribution in [0.15, 0.2) is 48.5 Å². The average Bonchev–Trinajstić information content (AvgIpc) is 3.22. The molecule has 2 heterocycles. The van der Waals surface area contributed by atoms with E-state index in [9.17, 15) is 4.39 Å². The first-order chi connectivity index (χ1) is 15.1. The molecule has 4 rings (SSSR count). The van der Waals surface area contributed by atoms with Gasteiger partial charge in [-0.2, -0.15) is 0 Å². The number of methoxy groups -OCH3 is 1. The molecule has 1 atom stereocenters. The molecule has 164 valence electrons. The zero-order valence-electron chi connectivity index (χ0n) is 18.3. The second-order valence-electron chi connectivity index (χ2n) is 8.21. The molecule has 2 aromatic carbocycles. The van der Waals surface area contributed by atoms with E-state index in [1.54, 1.807) is 13.2 Å². The maximum atomic E-state index is 14.2. The Morgan fingerprint density at radius 1 is 1.00 bits per heavy atom. The number of nitrogens with zero attached hydrogens (tertiary/aromatic N) is 6. The SMILES string of the molecule is COc1ccc(Cn2nnnc2C(C(C)C)N2CCN(c3ccccc3F)CC2)cc1. The van der Waals surface area contributed by atoms with Crippen LogP contribution in [0.5, 0.6) is 5.75 Å². The Morgan fingerprint density at radius 2 is 1.71 bits per heavy atom. The van der Waals surface area contributed by atoms with Crippen molar-refractivity contribution in [2.75, 3.05) is 38.2 Å². The molecule has 0 saturated carbocycles. The smallest absolute Gasteiger partial charge is 0.169 e. The van der Waals surface area contributed by atoms with Crippen molar-refractivity contribution in [1.82, 2.24) is 25.1 Å². The Morgan fingerprint density at radius 3 is 2.35 bits per heavy atom. The second kappa shape index (κ2) is 9.43. The van der Waals surface area contributed by atoms with E-state index in [1.807, 2.05) is 41.1 Å². The lowest BCUT2D eigenvalue weighted by Gasteiger charge is -2.41. The zero-order chi connectivity index (χ0) is 21.8. The number of hydrogen-bond donors (Lipinski definition) is 0. The van der Waals surface area contributed by atoms with E-state index in [-0.39, 0.29) is 11.9 Å². The quantitative estimate of drug-likeness (QED) is 0.580. The molecule has 7 nitrogen and oxygen atoms in total. The Labute approximate surface area is 182 Å². The molecule has 0 bridgehead atoms. The van der Waals surface area contributed by atoms with Crippen LogP contribution in [-0.4, -0.2) is 58.4 Å². The van der Waals surface area contributed by atoms with Crippen molar-refractivity contribution in [2.24, 2.45) is 5.92 Å². The monoisotopic (exact) mass is 424 g/mol. The minimum absolute atomic E-state index is 0.0935. The van der Waals surface area contributed by atoms with E-state index in [0.29, 0.717) is 18.2 Å². The Bertz CT molecular complexity index is 982. The number of halogens is 1. The highest BCUT2D eigenvalue weighted by atomic mass is 19.1. The van der Waals surface area contributed by atoms with Gasteiger partial charge in [0.05, 0.1) is 25.4 Å². The average molecular weight is 425 g/mol. The van der Waals surface area contributed by atoms with Gasteiger partial charge in [0.25, 0.3) is 0 Å². The maximum absolute atomic E-state index is 14.2. The van der Waals surface area contributed by atoms with Gasteiger partial charge in [-0.15, -0.1) is 5.10 Å². The first-order valence-corrected chi connectivity index (χ1v) is 10.7. The summed E-state index contributed by atoms with van der Waals surface area (Å²) in [6, 6.07) is 15.0.